The monoisotopic (exact) mass is 304 g/mol. The molecule has 0 radical (unpaired) electrons. The molecule has 0 spiro atoms. The summed E-state index contributed by atoms with van der Waals surface area (Å²) < 4.78 is 10.7. The Labute approximate surface area is 135 Å². The molecule has 0 atom stereocenters. The van der Waals surface area contributed by atoms with Crippen molar-refractivity contribution < 1.29 is 9.47 Å². The molecule has 3 rings (SSSR count). The maximum Gasteiger partial charge on any atom is 0.249 e. The van der Waals surface area contributed by atoms with E-state index in [4.69, 9.17) is 9.47 Å². The fourth-order valence-corrected chi connectivity index (χ4v) is 2.11. The lowest BCUT2D eigenvalue weighted by Gasteiger charge is -2.05. The van der Waals surface area contributed by atoms with Gasteiger partial charge in [0.1, 0.15) is 5.75 Å². The largest absolute Gasteiger partial charge is 0.497 e. The molecule has 114 valence electrons. The fraction of sp³-hybridized carbons (Fsp3) is 0.158. The van der Waals surface area contributed by atoms with Crippen molar-refractivity contribution in [2.24, 2.45) is 0 Å². The molecule has 2 aromatic carbocycles. The Balaban J connectivity index is 2.00. The lowest BCUT2D eigenvalue weighted by Crippen LogP contribution is -2.00. The second-order valence-corrected chi connectivity index (χ2v) is 4.78. The summed E-state index contributed by atoms with van der Waals surface area (Å²) in [7, 11) is 1.64. The first kappa shape index (κ1) is 14.9. The highest BCUT2D eigenvalue weighted by atomic mass is 16.5. The molecule has 1 heterocycles. The van der Waals surface area contributed by atoms with Crippen molar-refractivity contribution in [2.75, 3.05) is 13.7 Å². The van der Waals surface area contributed by atoms with Gasteiger partial charge >= 0.3 is 0 Å². The van der Waals surface area contributed by atoms with E-state index in [1.54, 1.807) is 7.11 Å². The lowest BCUT2D eigenvalue weighted by molar-refractivity contribution is 0.325. The van der Waals surface area contributed by atoms with E-state index in [9.17, 15) is 0 Å². The Morgan fingerprint density at radius 1 is 0.913 bits per heavy atom. The van der Waals surface area contributed by atoms with E-state index in [-0.39, 0.29) is 0 Å². The summed E-state index contributed by atoms with van der Waals surface area (Å²) in [5, 5.41) is 0. The number of benzene rings is 2. The molecular formula is C19H16N2O2. The zero-order chi connectivity index (χ0) is 16.1. The third-order valence-corrected chi connectivity index (χ3v) is 3.23. The van der Waals surface area contributed by atoms with Gasteiger partial charge in [-0.2, -0.15) is 0 Å². The first-order chi connectivity index (χ1) is 11.3. The Morgan fingerprint density at radius 3 is 2.26 bits per heavy atom. The van der Waals surface area contributed by atoms with Crippen LogP contribution in [-0.2, 0) is 0 Å². The Bertz CT molecular complexity index is 877. The summed E-state index contributed by atoms with van der Waals surface area (Å²) in [5.41, 5.74) is 3.02. The molecule has 0 aliphatic heterocycles. The standard InChI is InChI=1S/C19H16N2O2/c1-3-23-19-18(20-16-6-4-5-7-17(16)21-19)13-10-14-8-11-15(22-2)12-9-14/h4-9,11-12H,3H2,1-2H3. The fourth-order valence-electron chi connectivity index (χ4n) is 2.11. The molecule has 3 aromatic rings. The molecule has 1 aromatic heterocycles. The van der Waals surface area contributed by atoms with Crippen molar-refractivity contribution in [1.82, 2.24) is 9.97 Å². The number of para-hydroxylation sites is 2. The minimum absolute atomic E-state index is 0.465. The van der Waals surface area contributed by atoms with Crippen molar-refractivity contribution >= 4 is 11.0 Å². The normalized spacial score (nSPS) is 10.0. The number of hydrogen-bond donors (Lipinski definition) is 0. The van der Waals surface area contributed by atoms with Crippen LogP contribution in [0.1, 0.15) is 18.2 Å². The Morgan fingerprint density at radius 2 is 1.61 bits per heavy atom. The van der Waals surface area contributed by atoms with Gasteiger partial charge in [0.15, 0.2) is 5.69 Å². The van der Waals surface area contributed by atoms with Gasteiger partial charge in [-0.05, 0) is 49.2 Å². The number of methoxy groups -OCH3 is 1. The molecule has 4 heteroatoms. The van der Waals surface area contributed by atoms with Gasteiger partial charge in [0.25, 0.3) is 0 Å². The van der Waals surface area contributed by atoms with Gasteiger partial charge in [-0.3, -0.25) is 0 Å². The highest BCUT2D eigenvalue weighted by Crippen LogP contribution is 2.18. The van der Waals surface area contributed by atoms with Crippen LogP contribution in [0.4, 0.5) is 0 Å². The average Bonchev–Trinajstić information content (AvgIpc) is 2.60. The highest BCUT2D eigenvalue weighted by molar-refractivity contribution is 5.75. The molecule has 0 aliphatic carbocycles. The quantitative estimate of drug-likeness (QED) is 0.695. The first-order valence-corrected chi connectivity index (χ1v) is 7.36. The molecule has 0 saturated heterocycles. The van der Waals surface area contributed by atoms with Gasteiger partial charge in [-0.1, -0.05) is 18.1 Å². The molecule has 0 fully saturated rings. The molecule has 4 nitrogen and oxygen atoms in total. The van der Waals surface area contributed by atoms with Crippen LogP contribution in [0.3, 0.4) is 0 Å². The van der Waals surface area contributed by atoms with Crippen LogP contribution < -0.4 is 9.47 Å². The van der Waals surface area contributed by atoms with E-state index in [0.29, 0.717) is 18.2 Å². The molecule has 23 heavy (non-hydrogen) atoms. The SMILES string of the molecule is CCOc1nc2ccccc2nc1C#Cc1ccc(OC)cc1. The number of nitrogens with zero attached hydrogens (tertiary/aromatic N) is 2. The minimum atomic E-state index is 0.465. The van der Waals surface area contributed by atoms with Gasteiger partial charge in [-0.25, -0.2) is 9.97 Å². The van der Waals surface area contributed by atoms with Crippen LogP contribution >= 0.6 is 0 Å². The van der Waals surface area contributed by atoms with E-state index < -0.39 is 0 Å². The lowest BCUT2D eigenvalue weighted by atomic mass is 10.2. The van der Waals surface area contributed by atoms with Gasteiger partial charge in [0, 0.05) is 5.56 Å². The van der Waals surface area contributed by atoms with Crippen LogP contribution in [-0.4, -0.2) is 23.7 Å². The van der Waals surface area contributed by atoms with E-state index in [0.717, 1.165) is 22.3 Å². The molecule has 0 bridgehead atoms. The van der Waals surface area contributed by atoms with Crippen molar-refractivity contribution in [3.63, 3.8) is 0 Å². The predicted octanol–water partition coefficient (Wildman–Crippen LogP) is 3.44. The summed E-state index contributed by atoms with van der Waals surface area (Å²) in [6.45, 7) is 2.43. The maximum absolute atomic E-state index is 5.57. The van der Waals surface area contributed by atoms with Crippen LogP contribution in [0.25, 0.3) is 11.0 Å². The summed E-state index contributed by atoms with van der Waals surface area (Å²) >= 11 is 0. The number of ether oxygens (including phenoxy) is 2. The molecule has 0 aliphatic rings. The van der Waals surface area contributed by atoms with Gasteiger partial charge in [0.05, 0.1) is 24.8 Å². The van der Waals surface area contributed by atoms with Gasteiger partial charge < -0.3 is 9.47 Å². The van der Waals surface area contributed by atoms with E-state index in [1.165, 1.54) is 0 Å². The van der Waals surface area contributed by atoms with E-state index >= 15 is 0 Å². The predicted molar refractivity (Wildman–Crippen MR) is 89.7 cm³/mol. The van der Waals surface area contributed by atoms with Crippen molar-refractivity contribution in [3.8, 4) is 23.5 Å². The van der Waals surface area contributed by atoms with Crippen molar-refractivity contribution in [1.29, 1.82) is 0 Å². The van der Waals surface area contributed by atoms with Gasteiger partial charge in [0.2, 0.25) is 5.88 Å². The van der Waals surface area contributed by atoms with Crippen LogP contribution in [0.2, 0.25) is 0 Å². The van der Waals surface area contributed by atoms with Crippen molar-refractivity contribution in [3.05, 3.63) is 59.8 Å². The maximum atomic E-state index is 5.57. The summed E-state index contributed by atoms with van der Waals surface area (Å²) in [6.07, 6.45) is 0. The van der Waals surface area contributed by atoms with Crippen LogP contribution in [0.5, 0.6) is 11.6 Å². The van der Waals surface area contributed by atoms with Crippen LogP contribution in [0, 0.1) is 11.8 Å². The number of aromatic nitrogens is 2. The van der Waals surface area contributed by atoms with Crippen LogP contribution in [0.15, 0.2) is 48.5 Å². The number of hydrogen-bond acceptors (Lipinski definition) is 4. The van der Waals surface area contributed by atoms with Crippen molar-refractivity contribution in [2.45, 2.75) is 6.92 Å². The summed E-state index contributed by atoms with van der Waals surface area (Å²) in [6, 6.07) is 15.2. The average molecular weight is 304 g/mol. The smallest absolute Gasteiger partial charge is 0.249 e. The second-order valence-electron chi connectivity index (χ2n) is 4.78. The molecule has 0 N–H and O–H groups in total. The topological polar surface area (TPSA) is 44.2 Å². The first-order valence-electron chi connectivity index (χ1n) is 7.36. The Kier molecular flexibility index (Phi) is 4.39. The molecule has 0 unspecified atom stereocenters. The van der Waals surface area contributed by atoms with E-state index in [2.05, 4.69) is 21.8 Å². The summed E-state index contributed by atoms with van der Waals surface area (Å²) in [5.74, 6) is 7.41. The number of fused-ring (bicyclic) bond motifs is 1. The number of rotatable bonds is 3. The molecular weight excluding hydrogens is 288 g/mol. The second kappa shape index (κ2) is 6.80. The third-order valence-electron chi connectivity index (χ3n) is 3.23. The zero-order valence-electron chi connectivity index (χ0n) is 13.0. The zero-order valence-corrected chi connectivity index (χ0v) is 13.0. The molecule has 0 saturated carbocycles. The minimum Gasteiger partial charge on any atom is -0.497 e. The third kappa shape index (κ3) is 3.41. The van der Waals surface area contributed by atoms with Gasteiger partial charge in [-0.15, -0.1) is 0 Å². The Hall–Kier alpha value is -3.06. The molecule has 0 amide bonds. The summed E-state index contributed by atoms with van der Waals surface area (Å²) in [4.78, 5) is 9.05. The van der Waals surface area contributed by atoms with E-state index in [1.807, 2.05) is 55.5 Å². The highest BCUT2D eigenvalue weighted by Gasteiger charge is 2.07.